The number of nitrogens with zero attached hydrogens (tertiary/aromatic N) is 2. The van der Waals surface area contributed by atoms with Crippen molar-refractivity contribution in [2.24, 2.45) is 5.73 Å². The second kappa shape index (κ2) is 7.07. The van der Waals surface area contributed by atoms with Crippen molar-refractivity contribution in [1.29, 1.82) is 0 Å². The summed E-state index contributed by atoms with van der Waals surface area (Å²) in [6, 6.07) is 7.12. The van der Waals surface area contributed by atoms with Crippen LogP contribution in [-0.4, -0.2) is 50.1 Å². The highest BCUT2D eigenvalue weighted by atomic mass is 16.5. The molecule has 20 heavy (non-hydrogen) atoms. The number of piperidine rings is 1. The summed E-state index contributed by atoms with van der Waals surface area (Å²) in [5, 5.41) is 0. The molecule has 0 radical (unpaired) electrons. The van der Waals surface area contributed by atoms with Crippen molar-refractivity contribution in [2.75, 3.05) is 34.3 Å². The highest BCUT2D eigenvalue weighted by molar-refractivity contribution is 5.37. The van der Waals surface area contributed by atoms with E-state index in [2.05, 4.69) is 42.1 Å². The normalized spacial score (nSPS) is 17.6. The van der Waals surface area contributed by atoms with E-state index in [1.165, 1.54) is 31.5 Å². The number of benzene rings is 1. The van der Waals surface area contributed by atoms with Crippen LogP contribution in [0.3, 0.4) is 0 Å². The van der Waals surface area contributed by atoms with E-state index in [4.69, 9.17) is 10.5 Å². The van der Waals surface area contributed by atoms with Crippen LogP contribution in [0.2, 0.25) is 0 Å². The summed E-state index contributed by atoms with van der Waals surface area (Å²) in [5.41, 5.74) is 8.09. The molecule has 1 aliphatic rings. The highest BCUT2D eigenvalue weighted by Crippen LogP contribution is 2.22. The van der Waals surface area contributed by atoms with Crippen molar-refractivity contribution in [3.63, 3.8) is 0 Å². The van der Waals surface area contributed by atoms with Gasteiger partial charge in [-0.15, -0.1) is 0 Å². The third-order valence-electron chi connectivity index (χ3n) is 4.26. The molecule has 0 spiro atoms. The molecule has 1 aromatic rings. The van der Waals surface area contributed by atoms with Crippen LogP contribution in [0.4, 0.5) is 0 Å². The monoisotopic (exact) mass is 277 g/mol. The number of hydrogen-bond donors (Lipinski definition) is 1. The third-order valence-corrected chi connectivity index (χ3v) is 4.26. The minimum absolute atomic E-state index is 0.525. The topological polar surface area (TPSA) is 41.7 Å². The van der Waals surface area contributed by atoms with E-state index in [1.807, 2.05) is 0 Å². The quantitative estimate of drug-likeness (QED) is 0.889. The molecule has 0 aliphatic carbocycles. The summed E-state index contributed by atoms with van der Waals surface area (Å²) < 4.78 is 5.41. The van der Waals surface area contributed by atoms with Crippen LogP contribution in [0, 0.1) is 0 Å². The van der Waals surface area contributed by atoms with E-state index >= 15 is 0 Å². The summed E-state index contributed by atoms with van der Waals surface area (Å²) in [7, 11) is 6.06. The first kappa shape index (κ1) is 15.3. The maximum atomic E-state index is 5.71. The Morgan fingerprint density at radius 1 is 1.30 bits per heavy atom. The van der Waals surface area contributed by atoms with Gasteiger partial charge in [-0.3, -0.25) is 4.90 Å². The van der Waals surface area contributed by atoms with Crippen LogP contribution in [0.25, 0.3) is 0 Å². The molecule has 1 aliphatic heterocycles. The van der Waals surface area contributed by atoms with Crippen molar-refractivity contribution >= 4 is 0 Å². The molecular formula is C16H27N3O. The predicted molar refractivity (Wildman–Crippen MR) is 82.9 cm³/mol. The van der Waals surface area contributed by atoms with Gasteiger partial charge >= 0.3 is 0 Å². The smallest absolute Gasteiger partial charge is 0.123 e. The first-order valence-electron chi connectivity index (χ1n) is 7.38. The fourth-order valence-corrected chi connectivity index (χ4v) is 2.91. The molecule has 4 heteroatoms. The van der Waals surface area contributed by atoms with E-state index in [0.717, 1.165) is 23.9 Å². The summed E-state index contributed by atoms with van der Waals surface area (Å²) >= 11 is 0. The second-order valence-corrected chi connectivity index (χ2v) is 5.82. The van der Waals surface area contributed by atoms with Crippen LogP contribution < -0.4 is 10.5 Å². The van der Waals surface area contributed by atoms with Gasteiger partial charge in [0.2, 0.25) is 0 Å². The Bertz CT molecular complexity index is 426. The minimum atomic E-state index is 0.525. The molecule has 0 bridgehead atoms. The molecule has 112 valence electrons. The van der Waals surface area contributed by atoms with Crippen LogP contribution >= 0.6 is 0 Å². The molecule has 2 N–H and O–H groups in total. The van der Waals surface area contributed by atoms with Crippen molar-refractivity contribution in [3.8, 4) is 5.75 Å². The number of nitrogens with two attached hydrogens (primary N) is 1. The zero-order valence-electron chi connectivity index (χ0n) is 12.9. The van der Waals surface area contributed by atoms with Crippen molar-refractivity contribution in [3.05, 3.63) is 29.3 Å². The molecule has 1 heterocycles. The van der Waals surface area contributed by atoms with Gasteiger partial charge < -0.3 is 15.4 Å². The number of ether oxygens (including phenoxy) is 1. The third kappa shape index (κ3) is 3.72. The first-order valence-corrected chi connectivity index (χ1v) is 7.38. The maximum Gasteiger partial charge on any atom is 0.123 e. The average Bonchev–Trinajstić information content (AvgIpc) is 2.47. The fourth-order valence-electron chi connectivity index (χ4n) is 2.91. The Balaban J connectivity index is 1.94. The van der Waals surface area contributed by atoms with Crippen molar-refractivity contribution in [1.82, 2.24) is 9.80 Å². The molecule has 2 rings (SSSR count). The molecule has 4 nitrogen and oxygen atoms in total. The average molecular weight is 277 g/mol. The molecule has 1 aromatic carbocycles. The molecule has 0 atom stereocenters. The Hall–Kier alpha value is -1.10. The highest BCUT2D eigenvalue weighted by Gasteiger charge is 2.20. The van der Waals surface area contributed by atoms with Gasteiger partial charge in [-0.1, -0.05) is 12.1 Å². The Labute approximate surface area is 122 Å². The molecule has 0 amide bonds. The number of likely N-dealkylation sites (tertiary alicyclic amines) is 1. The lowest BCUT2D eigenvalue weighted by molar-refractivity contribution is 0.140. The zero-order chi connectivity index (χ0) is 14.5. The van der Waals surface area contributed by atoms with Gasteiger partial charge in [-0.2, -0.15) is 0 Å². The van der Waals surface area contributed by atoms with Crippen LogP contribution in [0.15, 0.2) is 18.2 Å². The van der Waals surface area contributed by atoms with Crippen molar-refractivity contribution in [2.45, 2.75) is 32.0 Å². The van der Waals surface area contributed by atoms with Gasteiger partial charge in [0.15, 0.2) is 0 Å². The Morgan fingerprint density at radius 2 is 2.00 bits per heavy atom. The van der Waals surface area contributed by atoms with Gasteiger partial charge in [0.05, 0.1) is 7.11 Å². The van der Waals surface area contributed by atoms with E-state index in [1.54, 1.807) is 7.11 Å². The summed E-state index contributed by atoms with van der Waals surface area (Å²) in [6.07, 6.45) is 2.51. The maximum absolute atomic E-state index is 5.71. The SMILES string of the molecule is COc1cc(CN2CCC(N(C)C)CC2)ccc1CN. The summed E-state index contributed by atoms with van der Waals surface area (Å²) in [4.78, 5) is 4.87. The van der Waals surface area contributed by atoms with E-state index in [-0.39, 0.29) is 0 Å². The van der Waals surface area contributed by atoms with Crippen LogP contribution in [0.5, 0.6) is 5.75 Å². The van der Waals surface area contributed by atoms with Gasteiger partial charge in [-0.25, -0.2) is 0 Å². The Kier molecular flexibility index (Phi) is 5.40. The van der Waals surface area contributed by atoms with Crippen molar-refractivity contribution < 1.29 is 4.74 Å². The predicted octanol–water partition coefficient (Wildman–Crippen LogP) is 1.68. The van der Waals surface area contributed by atoms with Crippen LogP contribution in [0.1, 0.15) is 24.0 Å². The first-order chi connectivity index (χ1) is 9.63. The number of rotatable bonds is 5. The van der Waals surface area contributed by atoms with Gasteiger partial charge in [0.1, 0.15) is 5.75 Å². The fraction of sp³-hybridized carbons (Fsp3) is 0.625. The van der Waals surface area contributed by atoms with E-state index in [0.29, 0.717) is 6.54 Å². The Morgan fingerprint density at radius 3 is 2.55 bits per heavy atom. The van der Waals surface area contributed by atoms with Gasteiger partial charge in [0.25, 0.3) is 0 Å². The largest absolute Gasteiger partial charge is 0.496 e. The number of methoxy groups -OCH3 is 1. The number of hydrogen-bond acceptors (Lipinski definition) is 4. The summed E-state index contributed by atoms with van der Waals surface area (Å²) in [6.45, 7) is 3.87. The summed E-state index contributed by atoms with van der Waals surface area (Å²) in [5.74, 6) is 0.910. The molecule has 1 fully saturated rings. The second-order valence-electron chi connectivity index (χ2n) is 5.82. The molecule has 0 saturated carbocycles. The lowest BCUT2D eigenvalue weighted by Gasteiger charge is -2.35. The lowest BCUT2D eigenvalue weighted by Crippen LogP contribution is -2.41. The zero-order valence-corrected chi connectivity index (χ0v) is 12.9. The van der Waals surface area contributed by atoms with E-state index < -0.39 is 0 Å². The van der Waals surface area contributed by atoms with Crippen LogP contribution in [-0.2, 0) is 13.1 Å². The lowest BCUT2D eigenvalue weighted by atomic mass is 10.0. The molecule has 1 saturated heterocycles. The molecular weight excluding hydrogens is 250 g/mol. The molecule has 0 aromatic heterocycles. The minimum Gasteiger partial charge on any atom is -0.496 e. The van der Waals surface area contributed by atoms with E-state index in [9.17, 15) is 0 Å². The van der Waals surface area contributed by atoms with Gasteiger partial charge in [0, 0.05) is 24.7 Å². The van der Waals surface area contributed by atoms with Gasteiger partial charge in [-0.05, 0) is 51.7 Å². The standard InChI is InChI=1S/C16H27N3O/c1-18(2)15-6-8-19(9-7-15)12-13-4-5-14(11-17)16(10-13)20-3/h4-5,10,15H,6-9,11-12,17H2,1-3H3. The molecule has 0 unspecified atom stereocenters.